The van der Waals surface area contributed by atoms with Crippen molar-refractivity contribution >= 4 is 11.6 Å². The van der Waals surface area contributed by atoms with Crippen molar-refractivity contribution in [2.75, 3.05) is 11.9 Å². The number of anilines is 1. The molecule has 0 atom stereocenters. The second-order valence-corrected chi connectivity index (χ2v) is 4.85. The summed E-state index contributed by atoms with van der Waals surface area (Å²) in [5.41, 5.74) is 6.89. The first-order valence-electron chi connectivity index (χ1n) is 6.15. The fourth-order valence-electron chi connectivity index (χ4n) is 2.30. The van der Waals surface area contributed by atoms with Crippen LogP contribution >= 0.6 is 0 Å². The zero-order valence-electron chi connectivity index (χ0n) is 10.2. The van der Waals surface area contributed by atoms with Gasteiger partial charge in [0, 0.05) is 18.4 Å². The Morgan fingerprint density at radius 1 is 1.59 bits per heavy atom. The summed E-state index contributed by atoms with van der Waals surface area (Å²) in [5.74, 6) is -0.484. The van der Waals surface area contributed by atoms with Crippen LogP contribution < -0.4 is 11.1 Å². The smallest absolute Gasteiger partial charge is 0.267 e. The maximum atomic E-state index is 11.0. The van der Waals surface area contributed by atoms with Crippen LogP contribution in [0, 0.1) is 5.41 Å². The first-order valence-corrected chi connectivity index (χ1v) is 6.15. The third-order valence-corrected chi connectivity index (χ3v) is 3.84. The number of rotatable bonds is 5. The molecule has 0 unspecified atom stereocenters. The highest BCUT2D eigenvalue weighted by atomic mass is 16.1. The molecule has 17 heavy (non-hydrogen) atoms. The van der Waals surface area contributed by atoms with Crippen LogP contribution in [-0.4, -0.2) is 17.4 Å². The van der Waals surface area contributed by atoms with Crippen LogP contribution in [0.3, 0.4) is 0 Å². The molecule has 92 valence electrons. The van der Waals surface area contributed by atoms with E-state index in [-0.39, 0.29) is 0 Å². The largest absolute Gasteiger partial charge is 0.384 e. The number of hydrogen-bond donors (Lipinski definition) is 2. The highest BCUT2D eigenvalue weighted by molar-refractivity contribution is 5.91. The second kappa shape index (κ2) is 4.73. The van der Waals surface area contributed by atoms with Crippen molar-refractivity contribution in [3.05, 3.63) is 24.0 Å². The minimum atomic E-state index is -0.484. The molecule has 1 aliphatic rings. The third kappa shape index (κ3) is 2.57. The Hall–Kier alpha value is -1.58. The monoisotopic (exact) mass is 233 g/mol. The number of pyridine rings is 1. The Kier molecular flexibility index (Phi) is 3.31. The average molecular weight is 233 g/mol. The van der Waals surface area contributed by atoms with E-state index < -0.39 is 5.91 Å². The number of carbonyl (C=O) groups excluding carboxylic acids is 1. The van der Waals surface area contributed by atoms with Crippen molar-refractivity contribution in [2.45, 2.75) is 32.6 Å². The van der Waals surface area contributed by atoms with Crippen LogP contribution in [-0.2, 0) is 0 Å². The van der Waals surface area contributed by atoms with Gasteiger partial charge in [-0.15, -0.1) is 0 Å². The van der Waals surface area contributed by atoms with E-state index in [1.807, 2.05) is 6.07 Å². The number of nitrogens with one attached hydrogen (secondary N) is 1. The van der Waals surface area contributed by atoms with Crippen molar-refractivity contribution in [1.82, 2.24) is 4.98 Å². The van der Waals surface area contributed by atoms with Gasteiger partial charge in [0.15, 0.2) is 0 Å². The van der Waals surface area contributed by atoms with Crippen LogP contribution in [0.5, 0.6) is 0 Å². The second-order valence-electron chi connectivity index (χ2n) is 4.85. The first-order chi connectivity index (χ1) is 8.15. The van der Waals surface area contributed by atoms with Crippen LogP contribution in [0.15, 0.2) is 18.3 Å². The van der Waals surface area contributed by atoms with Gasteiger partial charge >= 0.3 is 0 Å². The fourth-order valence-corrected chi connectivity index (χ4v) is 2.30. The van der Waals surface area contributed by atoms with Crippen molar-refractivity contribution in [3.63, 3.8) is 0 Å². The molecule has 1 heterocycles. The lowest BCUT2D eigenvalue weighted by atomic mass is 9.67. The lowest BCUT2D eigenvalue weighted by molar-refractivity contribution is 0.0995. The van der Waals surface area contributed by atoms with E-state index in [9.17, 15) is 4.79 Å². The van der Waals surface area contributed by atoms with E-state index >= 15 is 0 Å². The molecule has 4 nitrogen and oxygen atoms in total. The zero-order chi connectivity index (χ0) is 12.3. The van der Waals surface area contributed by atoms with Gasteiger partial charge in [-0.1, -0.05) is 13.3 Å². The Morgan fingerprint density at radius 2 is 2.35 bits per heavy atom. The molecular weight excluding hydrogens is 214 g/mol. The summed E-state index contributed by atoms with van der Waals surface area (Å²) in [5, 5.41) is 3.39. The number of nitrogens with two attached hydrogens (primary N) is 1. The molecule has 4 heteroatoms. The van der Waals surface area contributed by atoms with Crippen LogP contribution in [0.1, 0.15) is 43.1 Å². The van der Waals surface area contributed by atoms with Gasteiger partial charge in [-0.3, -0.25) is 9.78 Å². The SMILES string of the molecule is CCC1(CNc2ccnc(C(N)=O)c2)CCC1. The van der Waals surface area contributed by atoms with Gasteiger partial charge < -0.3 is 11.1 Å². The molecule has 1 aromatic heterocycles. The number of hydrogen-bond acceptors (Lipinski definition) is 3. The zero-order valence-corrected chi connectivity index (χ0v) is 10.2. The van der Waals surface area contributed by atoms with Crippen molar-refractivity contribution < 1.29 is 4.79 Å². The lowest BCUT2D eigenvalue weighted by Crippen LogP contribution is -2.35. The summed E-state index contributed by atoms with van der Waals surface area (Å²) in [4.78, 5) is 14.9. The predicted octanol–water partition coefficient (Wildman–Crippen LogP) is 2.17. The van der Waals surface area contributed by atoms with Crippen molar-refractivity contribution in [2.24, 2.45) is 11.1 Å². The molecule has 1 amide bonds. The van der Waals surface area contributed by atoms with Crippen molar-refractivity contribution in [3.8, 4) is 0 Å². The predicted molar refractivity (Wildman–Crippen MR) is 67.8 cm³/mol. The molecule has 0 bridgehead atoms. The Labute approximate surface area is 102 Å². The minimum Gasteiger partial charge on any atom is -0.384 e. The average Bonchev–Trinajstić information content (AvgIpc) is 2.28. The number of primary amides is 1. The van der Waals surface area contributed by atoms with E-state index in [1.165, 1.54) is 25.7 Å². The Bertz CT molecular complexity index is 407. The highest BCUT2D eigenvalue weighted by Gasteiger charge is 2.34. The van der Waals surface area contributed by atoms with Gasteiger partial charge in [0.2, 0.25) is 0 Å². The Balaban J connectivity index is 1.99. The summed E-state index contributed by atoms with van der Waals surface area (Å²) in [7, 11) is 0. The van der Waals surface area contributed by atoms with Gasteiger partial charge in [0.25, 0.3) is 5.91 Å². The van der Waals surface area contributed by atoms with Gasteiger partial charge in [0.05, 0.1) is 0 Å². The molecule has 0 spiro atoms. The van der Waals surface area contributed by atoms with Crippen LogP contribution in [0.2, 0.25) is 0 Å². The standard InChI is InChI=1S/C13H19N3O/c1-2-13(5-3-6-13)9-16-10-4-7-15-11(8-10)12(14)17/h4,7-8H,2-3,5-6,9H2,1H3,(H2,14,17)(H,15,16). The van der Waals surface area contributed by atoms with Gasteiger partial charge in [-0.2, -0.15) is 0 Å². The summed E-state index contributed by atoms with van der Waals surface area (Å²) >= 11 is 0. The summed E-state index contributed by atoms with van der Waals surface area (Å²) < 4.78 is 0. The summed E-state index contributed by atoms with van der Waals surface area (Å²) in [6.07, 6.45) is 6.74. The van der Waals surface area contributed by atoms with E-state index in [1.54, 1.807) is 12.3 Å². The third-order valence-electron chi connectivity index (χ3n) is 3.84. The highest BCUT2D eigenvalue weighted by Crippen LogP contribution is 2.43. The molecular formula is C13H19N3O. The number of nitrogens with zero attached hydrogens (tertiary/aromatic N) is 1. The maximum Gasteiger partial charge on any atom is 0.267 e. The van der Waals surface area contributed by atoms with Gasteiger partial charge in [-0.05, 0) is 36.8 Å². The lowest BCUT2D eigenvalue weighted by Gasteiger charge is -2.41. The molecule has 0 aliphatic heterocycles. The fraction of sp³-hybridized carbons (Fsp3) is 0.538. The molecule has 0 saturated heterocycles. The molecule has 1 saturated carbocycles. The van der Waals surface area contributed by atoms with E-state index in [4.69, 9.17) is 5.73 Å². The van der Waals surface area contributed by atoms with Crippen LogP contribution in [0.25, 0.3) is 0 Å². The van der Waals surface area contributed by atoms with Gasteiger partial charge in [-0.25, -0.2) is 0 Å². The molecule has 1 fully saturated rings. The Morgan fingerprint density at radius 3 is 2.88 bits per heavy atom. The molecule has 0 aromatic carbocycles. The molecule has 1 aliphatic carbocycles. The molecule has 3 N–H and O–H groups in total. The number of amides is 1. The topological polar surface area (TPSA) is 68.0 Å². The maximum absolute atomic E-state index is 11.0. The van der Waals surface area contributed by atoms with E-state index in [2.05, 4.69) is 17.2 Å². The van der Waals surface area contributed by atoms with E-state index in [0.717, 1.165) is 12.2 Å². The molecule has 0 radical (unpaired) electrons. The number of aromatic nitrogens is 1. The molecule has 2 rings (SSSR count). The molecule has 1 aromatic rings. The first kappa shape index (κ1) is 11.9. The minimum absolute atomic E-state index is 0.314. The van der Waals surface area contributed by atoms with Crippen molar-refractivity contribution in [1.29, 1.82) is 0 Å². The van der Waals surface area contributed by atoms with Gasteiger partial charge in [0.1, 0.15) is 5.69 Å². The quantitative estimate of drug-likeness (QED) is 0.819. The summed E-state index contributed by atoms with van der Waals surface area (Å²) in [6.45, 7) is 3.20. The number of carbonyl (C=O) groups is 1. The normalized spacial score (nSPS) is 17.2. The summed E-state index contributed by atoms with van der Waals surface area (Å²) in [6, 6.07) is 3.58. The van der Waals surface area contributed by atoms with E-state index in [0.29, 0.717) is 11.1 Å². The van der Waals surface area contributed by atoms with Crippen LogP contribution in [0.4, 0.5) is 5.69 Å².